The molecule has 0 aliphatic carbocycles. The first-order chi connectivity index (χ1) is 10.8. The molecular weight excluding hydrogens is 409 g/mol. The van der Waals surface area contributed by atoms with Crippen LogP contribution in [-0.2, 0) is 11.3 Å². The zero-order valence-electron chi connectivity index (χ0n) is 13.1. The molecule has 6 nitrogen and oxygen atoms in total. The summed E-state index contributed by atoms with van der Waals surface area (Å²) in [6, 6.07) is 6.36. The highest BCUT2D eigenvalue weighted by atomic mass is 127. The summed E-state index contributed by atoms with van der Waals surface area (Å²) in [4.78, 5) is 4.31. The minimum absolute atomic E-state index is 0. The average Bonchev–Trinajstić information content (AvgIpc) is 3.26. The number of ether oxygens (including phenoxy) is 3. The summed E-state index contributed by atoms with van der Waals surface area (Å²) in [5.41, 5.74) is 1.14. The Morgan fingerprint density at radius 1 is 1.26 bits per heavy atom. The Hall–Kier alpha value is -1.22. The molecule has 0 saturated carbocycles. The molecule has 3 aliphatic rings. The third-order valence-corrected chi connectivity index (χ3v) is 4.55. The van der Waals surface area contributed by atoms with Gasteiger partial charge in [0.05, 0.1) is 18.2 Å². The van der Waals surface area contributed by atoms with Crippen LogP contribution in [0.1, 0.15) is 24.8 Å². The van der Waals surface area contributed by atoms with Gasteiger partial charge in [0.15, 0.2) is 17.5 Å². The largest absolute Gasteiger partial charge is 0.454 e. The molecule has 3 heterocycles. The van der Waals surface area contributed by atoms with Crippen molar-refractivity contribution < 1.29 is 14.2 Å². The Labute approximate surface area is 153 Å². The van der Waals surface area contributed by atoms with Crippen molar-refractivity contribution in [3.63, 3.8) is 0 Å². The van der Waals surface area contributed by atoms with E-state index in [1.807, 2.05) is 18.2 Å². The maximum atomic E-state index is 5.87. The maximum absolute atomic E-state index is 5.87. The van der Waals surface area contributed by atoms with E-state index in [2.05, 4.69) is 15.6 Å². The Balaban J connectivity index is 0.00000156. The Kier molecular flexibility index (Phi) is 5.15. The molecule has 0 spiro atoms. The predicted molar refractivity (Wildman–Crippen MR) is 97.6 cm³/mol. The quantitative estimate of drug-likeness (QED) is 0.436. The first-order valence-corrected chi connectivity index (χ1v) is 7.83. The Morgan fingerprint density at radius 2 is 2.13 bits per heavy atom. The van der Waals surface area contributed by atoms with Crippen LogP contribution < -0.4 is 20.1 Å². The number of benzene rings is 1. The molecule has 23 heavy (non-hydrogen) atoms. The van der Waals surface area contributed by atoms with Gasteiger partial charge in [-0.1, -0.05) is 6.07 Å². The fraction of sp³-hybridized carbons (Fsp3) is 0.562. The summed E-state index contributed by atoms with van der Waals surface area (Å²) >= 11 is 0. The second-order valence-electron chi connectivity index (χ2n) is 5.97. The van der Waals surface area contributed by atoms with Gasteiger partial charge in [0.25, 0.3) is 0 Å². The van der Waals surface area contributed by atoms with Gasteiger partial charge >= 0.3 is 0 Å². The van der Waals surface area contributed by atoms with Crippen LogP contribution in [0.15, 0.2) is 23.2 Å². The van der Waals surface area contributed by atoms with Crippen LogP contribution >= 0.6 is 24.0 Å². The molecular formula is C16H22IN3O3. The SMILES string of the molecule is CN=C(NCc1ccc2c(c1)OCO2)NC1CC2CCC1O2.I. The second-order valence-corrected chi connectivity index (χ2v) is 5.97. The van der Waals surface area contributed by atoms with Gasteiger partial charge in [-0.15, -0.1) is 24.0 Å². The lowest BCUT2D eigenvalue weighted by atomic mass is 9.96. The van der Waals surface area contributed by atoms with Crippen molar-refractivity contribution in [2.45, 2.75) is 44.1 Å². The molecule has 3 atom stereocenters. The van der Waals surface area contributed by atoms with Gasteiger partial charge in [0.2, 0.25) is 6.79 Å². The third-order valence-electron chi connectivity index (χ3n) is 4.55. The molecule has 2 N–H and O–H groups in total. The molecule has 4 rings (SSSR count). The average molecular weight is 431 g/mol. The predicted octanol–water partition coefficient (Wildman–Crippen LogP) is 2.02. The molecule has 0 amide bonds. The van der Waals surface area contributed by atoms with Gasteiger partial charge in [0, 0.05) is 13.6 Å². The third kappa shape index (κ3) is 3.50. The van der Waals surface area contributed by atoms with Crippen LogP contribution in [-0.4, -0.2) is 38.0 Å². The summed E-state index contributed by atoms with van der Waals surface area (Å²) < 4.78 is 16.6. The van der Waals surface area contributed by atoms with Crippen molar-refractivity contribution in [1.82, 2.24) is 10.6 Å². The first kappa shape index (κ1) is 16.6. The van der Waals surface area contributed by atoms with Crippen molar-refractivity contribution in [2.75, 3.05) is 13.8 Å². The van der Waals surface area contributed by atoms with E-state index < -0.39 is 0 Å². The summed E-state index contributed by atoms with van der Waals surface area (Å²) in [5, 5.41) is 6.83. The van der Waals surface area contributed by atoms with E-state index in [0.717, 1.165) is 35.9 Å². The molecule has 2 fully saturated rings. The summed E-state index contributed by atoms with van der Waals surface area (Å²) in [7, 11) is 1.79. The smallest absolute Gasteiger partial charge is 0.231 e. The molecule has 2 bridgehead atoms. The van der Waals surface area contributed by atoms with E-state index in [4.69, 9.17) is 14.2 Å². The van der Waals surface area contributed by atoms with Gasteiger partial charge in [0.1, 0.15) is 0 Å². The van der Waals surface area contributed by atoms with Gasteiger partial charge < -0.3 is 24.8 Å². The topological polar surface area (TPSA) is 64.1 Å². The van der Waals surface area contributed by atoms with E-state index in [1.165, 1.54) is 6.42 Å². The van der Waals surface area contributed by atoms with Crippen molar-refractivity contribution in [1.29, 1.82) is 0 Å². The van der Waals surface area contributed by atoms with Crippen LogP contribution in [0.5, 0.6) is 11.5 Å². The van der Waals surface area contributed by atoms with Crippen molar-refractivity contribution in [3.05, 3.63) is 23.8 Å². The molecule has 3 unspecified atom stereocenters. The number of fused-ring (bicyclic) bond motifs is 3. The normalized spacial score (nSPS) is 27.7. The van der Waals surface area contributed by atoms with E-state index in [1.54, 1.807) is 7.05 Å². The number of nitrogens with one attached hydrogen (secondary N) is 2. The summed E-state index contributed by atoms with van der Waals surface area (Å²) in [6.07, 6.45) is 4.21. The number of nitrogens with zero attached hydrogens (tertiary/aromatic N) is 1. The van der Waals surface area contributed by atoms with Crippen LogP contribution in [0.25, 0.3) is 0 Å². The monoisotopic (exact) mass is 431 g/mol. The number of guanidine groups is 1. The zero-order chi connectivity index (χ0) is 14.9. The lowest BCUT2D eigenvalue weighted by molar-refractivity contribution is 0.0992. The highest BCUT2D eigenvalue weighted by Gasteiger charge is 2.41. The fourth-order valence-electron chi connectivity index (χ4n) is 3.40. The van der Waals surface area contributed by atoms with Gasteiger partial charge in [-0.05, 0) is 37.0 Å². The molecule has 1 aromatic rings. The molecule has 0 radical (unpaired) electrons. The van der Waals surface area contributed by atoms with Crippen LogP contribution in [0.3, 0.4) is 0 Å². The Bertz CT molecular complexity index is 596. The lowest BCUT2D eigenvalue weighted by Gasteiger charge is -2.22. The summed E-state index contributed by atoms with van der Waals surface area (Å²) in [5.74, 6) is 2.44. The lowest BCUT2D eigenvalue weighted by Crippen LogP contribution is -2.47. The zero-order valence-corrected chi connectivity index (χ0v) is 15.4. The number of aliphatic imine (C=N–C) groups is 1. The minimum Gasteiger partial charge on any atom is -0.454 e. The van der Waals surface area contributed by atoms with Crippen molar-refractivity contribution in [3.8, 4) is 11.5 Å². The standard InChI is InChI=1S/C16H21N3O3.HI/c1-17-16(19-12-7-11-3-5-13(12)22-11)18-8-10-2-4-14-15(6-10)21-9-20-14;/h2,4,6,11-13H,3,5,7-9H2,1H3,(H2,17,18,19);1H. The maximum Gasteiger partial charge on any atom is 0.231 e. The van der Waals surface area contributed by atoms with E-state index in [0.29, 0.717) is 31.6 Å². The van der Waals surface area contributed by atoms with E-state index in [-0.39, 0.29) is 24.0 Å². The molecule has 1 aromatic carbocycles. The van der Waals surface area contributed by atoms with Crippen LogP contribution in [0, 0.1) is 0 Å². The van der Waals surface area contributed by atoms with E-state index >= 15 is 0 Å². The highest BCUT2D eigenvalue weighted by Crippen LogP contribution is 2.34. The molecule has 126 valence electrons. The Morgan fingerprint density at radius 3 is 2.87 bits per heavy atom. The number of halogens is 1. The van der Waals surface area contributed by atoms with Crippen LogP contribution in [0.2, 0.25) is 0 Å². The number of rotatable bonds is 3. The number of hydrogen-bond donors (Lipinski definition) is 2. The van der Waals surface area contributed by atoms with E-state index in [9.17, 15) is 0 Å². The minimum atomic E-state index is 0. The van der Waals surface area contributed by atoms with Crippen molar-refractivity contribution >= 4 is 29.9 Å². The molecule has 3 aliphatic heterocycles. The van der Waals surface area contributed by atoms with Gasteiger partial charge in [-0.25, -0.2) is 0 Å². The molecule has 7 heteroatoms. The van der Waals surface area contributed by atoms with Gasteiger partial charge in [-0.3, -0.25) is 4.99 Å². The second kappa shape index (κ2) is 7.12. The number of hydrogen-bond acceptors (Lipinski definition) is 4. The summed E-state index contributed by atoms with van der Waals surface area (Å²) in [6.45, 7) is 0.998. The van der Waals surface area contributed by atoms with Gasteiger partial charge in [-0.2, -0.15) is 0 Å². The fourth-order valence-corrected chi connectivity index (χ4v) is 3.40. The van der Waals surface area contributed by atoms with Crippen LogP contribution in [0.4, 0.5) is 0 Å². The highest BCUT2D eigenvalue weighted by molar-refractivity contribution is 14.0. The van der Waals surface area contributed by atoms with Crippen molar-refractivity contribution in [2.24, 2.45) is 4.99 Å². The first-order valence-electron chi connectivity index (χ1n) is 7.83. The molecule has 2 saturated heterocycles. The molecule has 0 aromatic heterocycles.